The molecule has 0 N–H and O–H groups in total. The van der Waals surface area contributed by atoms with E-state index in [4.69, 9.17) is 4.74 Å². The van der Waals surface area contributed by atoms with Gasteiger partial charge >= 0.3 is 5.97 Å². The molecule has 0 bridgehead atoms. The van der Waals surface area contributed by atoms with Crippen molar-refractivity contribution in [1.82, 2.24) is 0 Å². The maximum absolute atomic E-state index is 11.2. The number of methoxy groups -OCH3 is 1. The first kappa shape index (κ1) is 17.5. The van der Waals surface area contributed by atoms with E-state index < -0.39 is 0 Å². The van der Waals surface area contributed by atoms with Crippen molar-refractivity contribution in [2.45, 2.75) is 58.3 Å². The number of hydrogen-bond donors (Lipinski definition) is 0. The van der Waals surface area contributed by atoms with Crippen LogP contribution >= 0.6 is 0 Å². The minimum Gasteiger partial charge on any atom is -0.493 e. The lowest BCUT2D eigenvalue weighted by molar-refractivity contribution is -0.140. The molecule has 0 spiro atoms. The minimum absolute atomic E-state index is 0.180. The summed E-state index contributed by atoms with van der Waals surface area (Å²) in [5.41, 5.74) is 1.08. The van der Waals surface area contributed by atoms with E-state index in [1.54, 1.807) is 0 Å². The van der Waals surface area contributed by atoms with E-state index in [0.29, 0.717) is 12.8 Å². The average molecular weight is 292 g/mol. The topological polar surface area (TPSA) is 35.5 Å². The van der Waals surface area contributed by atoms with Crippen LogP contribution in [0.3, 0.4) is 0 Å². The fourth-order valence-corrected chi connectivity index (χ4v) is 2.25. The van der Waals surface area contributed by atoms with E-state index in [1.165, 1.54) is 39.2 Å². The zero-order valence-electron chi connectivity index (χ0n) is 13.4. The van der Waals surface area contributed by atoms with Crippen LogP contribution in [0.5, 0.6) is 5.75 Å². The Morgan fingerprint density at radius 1 is 1.05 bits per heavy atom. The summed E-state index contributed by atoms with van der Waals surface area (Å²) < 4.78 is 10.5. The molecule has 0 radical (unpaired) electrons. The highest BCUT2D eigenvalue weighted by molar-refractivity contribution is 5.69. The second-order valence-electron chi connectivity index (χ2n) is 5.30. The van der Waals surface area contributed by atoms with E-state index in [-0.39, 0.29) is 5.97 Å². The highest BCUT2D eigenvalue weighted by Crippen LogP contribution is 2.20. The number of esters is 1. The maximum Gasteiger partial charge on any atom is 0.305 e. The summed E-state index contributed by atoms with van der Waals surface area (Å²) in [7, 11) is 1.42. The van der Waals surface area contributed by atoms with Gasteiger partial charge in [0.05, 0.1) is 13.7 Å². The number of unbranched alkanes of at least 4 members (excludes halogenated alkanes) is 5. The third-order valence-electron chi connectivity index (χ3n) is 3.55. The summed E-state index contributed by atoms with van der Waals surface area (Å²) in [6, 6.07) is 7.94. The molecule has 0 atom stereocenters. The van der Waals surface area contributed by atoms with Crippen LogP contribution in [0.1, 0.15) is 57.4 Å². The molecular weight excluding hydrogens is 264 g/mol. The van der Waals surface area contributed by atoms with Gasteiger partial charge in [-0.05, 0) is 24.5 Å². The van der Waals surface area contributed by atoms with Gasteiger partial charge in [-0.3, -0.25) is 4.79 Å². The number of rotatable bonds is 11. The van der Waals surface area contributed by atoms with E-state index in [2.05, 4.69) is 11.7 Å². The first-order chi connectivity index (χ1) is 10.3. The largest absolute Gasteiger partial charge is 0.493 e. The van der Waals surface area contributed by atoms with Gasteiger partial charge in [0.25, 0.3) is 0 Å². The molecule has 3 nitrogen and oxygen atoms in total. The fourth-order valence-electron chi connectivity index (χ4n) is 2.25. The second kappa shape index (κ2) is 11.2. The standard InChI is InChI=1S/C18H28O3/c1-3-4-5-6-7-10-15-21-17-12-9-8-11-16(17)13-14-18(19)20-2/h8-9,11-12H,3-7,10,13-15H2,1-2H3. The van der Waals surface area contributed by atoms with E-state index in [1.807, 2.05) is 24.3 Å². The van der Waals surface area contributed by atoms with Crippen molar-refractivity contribution in [2.75, 3.05) is 13.7 Å². The van der Waals surface area contributed by atoms with Crippen molar-refractivity contribution >= 4 is 5.97 Å². The predicted octanol–water partition coefficient (Wildman–Crippen LogP) is 4.53. The number of carbonyl (C=O) groups is 1. The number of aryl methyl sites for hydroxylation is 1. The second-order valence-corrected chi connectivity index (χ2v) is 5.30. The number of ether oxygens (including phenoxy) is 2. The van der Waals surface area contributed by atoms with Crippen molar-refractivity contribution in [1.29, 1.82) is 0 Å². The highest BCUT2D eigenvalue weighted by atomic mass is 16.5. The Morgan fingerprint density at radius 2 is 1.76 bits per heavy atom. The first-order valence-corrected chi connectivity index (χ1v) is 8.05. The monoisotopic (exact) mass is 292 g/mol. The zero-order chi connectivity index (χ0) is 15.3. The Morgan fingerprint density at radius 3 is 2.52 bits per heavy atom. The Bertz CT molecular complexity index is 401. The first-order valence-electron chi connectivity index (χ1n) is 8.05. The van der Waals surface area contributed by atoms with Gasteiger partial charge in [-0.2, -0.15) is 0 Å². The summed E-state index contributed by atoms with van der Waals surface area (Å²) in [5.74, 6) is 0.718. The van der Waals surface area contributed by atoms with Crippen molar-refractivity contribution < 1.29 is 14.3 Å². The van der Waals surface area contributed by atoms with Crippen LogP contribution in [0.2, 0.25) is 0 Å². The van der Waals surface area contributed by atoms with Crippen LogP contribution < -0.4 is 4.74 Å². The molecule has 0 aromatic heterocycles. The van der Waals surface area contributed by atoms with E-state index >= 15 is 0 Å². The molecule has 0 unspecified atom stereocenters. The summed E-state index contributed by atoms with van der Waals surface area (Å²) in [5, 5.41) is 0. The molecule has 0 aliphatic heterocycles. The van der Waals surface area contributed by atoms with E-state index in [0.717, 1.165) is 24.3 Å². The smallest absolute Gasteiger partial charge is 0.305 e. The van der Waals surface area contributed by atoms with Gasteiger partial charge < -0.3 is 9.47 Å². The van der Waals surface area contributed by atoms with Crippen LogP contribution in [0.25, 0.3) is 0 Å². The van der Waals surface area contributed by atoms with Crippen LogP contribution in [-0.4, -0.2) is 19.7 Å². The lowest BCUT2D eigenvalue weighted by Crippen LogP contribution is -2.04. The van der Waals surface area contributed by atoms with Crippen molar-refractivity contribution in [3.63, 3.8) is 0 Å². The summed E-state index contributed by atoms with van der Waals surface area (Å²) in [6.45, 7) is 2.98. The summed E-state index contributed by atoms with van der Waals surface area (Å²) >= 11 is 0. The molecule has 1 aromatic carbocycles. The third kappa shape index (κ3) is 7.74. The molecule has 0 aliphatic rings. The van der Waals surface area contributed by atoms with Gasteiger partial charge in [0.1, 0.15) is 5.75 Å². The lowest BCUT2D eigenvalue weighted by atomic mass is 10.1. The molecule has 118 valence electrons. The van der Waals surface area contributed by atoms with E-state index in [9.17, 15) is 4.79 Å². The maximum atomic E-state index is 11.2. The zero-order valence-corrected chi connectivity index (χ0v) is 13.4. The highest BCUT2D eigenvalue weighted by Gasteiger charge is 2.06. The molecular formula is C18H28O3. The van der Waals surface area contributed by atoms with Gasteiger partial charge in [0, 0.05) is 6.42 Å². The third-order valence-corrected chi connectivity index (χ3v) is 3.55. The Labute approximate surface area is 128 Å². The molecule has 0 aliphatic carbocycles. The van der Waals surface area contributed by atoms with Crippen molar-refractivity contribution in [2.24, 2.45) is 0 Å². The SMILES string of the molecule is CCCCCCCCOc1ccccc1CCC(=O)OC. The van der Waals surface area contributed by atoms with Gasteiger partial charge in [0.15, 0.2) is 0 Å². The van der Waals surface area contributed by atoms with Crippen LogP contribution in [-0.2, 0) is 16.0 Å². The number of benzene rings is 1. The van der Waals surface area contributed by atoms with Crippen LogP contribution in [0, 0.1) is 0 Å². The molecule has 0 saturated carbocycles. The van der Waals surface area contributed by atoms with Gasteiger partial charge in [-0.1, -0.05) is 57.2 Å². The molecule has 0 fully saturated rings. The number of para-hydroxylation sites is 1. The molecule has 1 aromatic rings. The van der Waals surface area contributed by atoms with Gasteiger partial charge in [-0.25, -0.2) is 0 Å². The normalized spacial score (nSPS) is 10.4. The Balaban J connectivity index is 2.29. The Hall–Kier alpha value is -1.51. The van der Waals surface area contributed by atoms with Gasteiger partial charge in [0.2, 0.25) is 0 Å². The average Bonchev–Trinajstić information content (AvgIpc) is 2.52. The molecule has 1 rings (SSSR count). The summed E-state index contributed by atoms with van der Waals surface area (Å²) in [6.07, 6.45) is 8.61. The molecule has 3 heteroatoms. The molecule has 21 heavy (non-hydrogen) atoms. The number of carbonyl (C=O) groups excluding carboxylic acids is 1. The fraction of sp³-hybridized carbons (Fsp3) is 0.611. The lowest BCUT2D eigenvalue weighted by Gasteiger charge is -2.11. The Kier molecular flexibility index (Phi) is 9.34. The minimum atomic E-state index is -0.180. The molecule has 0 amide bonds. The van der Waals surface area contributed by atoms with Crippen molar-refractivity contribution in [3.8, 4) is 5.75 Å². The quantitative estimate of drug-likeness (QED) is 0.444. The summed E-state index contributed by atoms with van der Waals surface area (Å²) in [4.78, 5) is 11.2. The van der Waals surface area contributed by atoms with Gasteiger partial charge in [-0.15, -0.1) is 0 Å². The predicted molar refractivity (Wildman–Crippen MR) is 85.7 cm³/mol. The van der Waals surface area contributed by atoms with Crippen LogP contribution in [0.4, 0.5) is 0 Å². The molecule has 0 heterocycles. The number of hydrogen-bond acceptors (Lipinski definition) is 3. The van der Waals surface area contributed by atoms with Crippen LogP contribution in [0.15, 0.2) is 24.3 Å². The van der Waals surface area contributed by atoms with Crippen molar-refractivity contribution in [3.05, 3.63) is 29.8 Å². The molecule has 0 saturated heterocycles.